The van der Waals surface area contributed by atoms with Crippen LogP contribution in [-0.2, 0) is 10.2 Å². The summed E-state index contributed by atoms with van der Waals surface area (Å²) in [5.41, 5.74) is 0.748. The Labute approximate surface area is 147 Å². The lowest BCUT2D eigenvalue weighted by Gasteiger charge is -2.27. The van der Waals surface area contributed by atoms with Crippen LogP contribution in [-0.4, -0.2) is 36.2 Å². The van der Waals surface area contributed by atoms with Crippen LogP contribution >= 0.6 is 35.6 Å². The smallest absolute Gasteiger partial charge is 0.237 e. The molecular weight excluding hydrogens is 347 g/mol. The highest BCUT2D eigenvalue weighted by molar-refractivity contribution is 6.42. The largest absolute Gasteiger partial charge is 0.392 e. The number of aliphatic hydroxyl groups is 1. The summed E-state index contributed by atoms with van der Waals surface area (Å²) in [6, 6.07) is 5.19. The maximum absolute atomic E-state index is 12.1. The predicted molar refractivity (Wildman–Crippen MR) is 92.2 cm³/mol. The molecule has 0 saturated carbocycles. The highest BCUT2D eigenvalue weighted by atomic mass is 35.5. The highest BCUT2D eigenvalue weighted by Gasteiger charge is 2.29. The van der Waals surface area contributed by atoms with Gasteiger partial charge in [0, 0.05) is 18.5 Å². The van der Waals surface area contributed by atoms with Crippen LogP contribution in [0.15, 0.2) is 18.2 Å². The first kappa shape index (κ1) is 19.5. The van der Waals surface area contributed by atoms with E-state index in [1.54, 1.807) is 6.07 Å². The van der Waals surface area contributed by atoms with Gasteiger partial charge in [0.05, 0.1) is 22.2 Å². The molecule has 0 aromatic heterocycles. The van der Waals surface area contributed by atoms with Crippen LogP contribution in [0.4, 0.5) is 0 Å². The molecule has 0 radical (unpaired) electrons. The Kier molecular flexibility index (Phi) is 6.96. The van der Waals surface area contributed by atoms with Crippen molar-refractivity contribution in [3.05, 3.63) is 33.8 Å². The van der Waals surface area contributed by atoms with Crippen LogP contribution in [0.5, 0.6) is 0 Å². The Morgan fingerprint density at radius 2 is 2.09 bits per heavy atom. The van der Waals surface area contributed by atoms with Crippen molar-refractivity contribution in [3.63, 3.8) is 0 Å². The zero-order valence-corrected chi connectivity index (χ0v) is 14.9. The summed E-state index contributed by atoms with van der Waals surface area (Å²) in [6.07, 6.45) is 0.0165. The molecule has 1 amide bonds. The van der Waals surface area contributed by atoms with Crippen molar-refractivity contribution < 1.29 is 9.90 Å². The predicted octanol–water partition coefficient (Wildman–Crippen LogP) is 2.53. The van der Waals surface area contributed by atoms with Gasteiger partial charge in [0.25, 0.3) is 0 Å². The fraction of sp³-hybridized carbons (Fsp3) is 0.533. The summed E-state index contributed by atoms with van der Waals surface area (Å²) in [4.78, 5) is 12.1. The Morgan fingerprint density at radius 3 is 2.64 bits per heavy atom. The fourth-order valence-electron chi connectivity index (χ4n) is 2.37. The van der Waals surface area contributed by atoms with Crippen LogP contribution in [0, 0.1) is 0 Å². The topological polar surface area (TPSA) is 61.4 Å². The number of halogens is 3. The molecule has 1 aliphatic heterocycles. The number of β-amino-alcohol motifs (C(OH)–C–C–N with tert-alkyl or cyclic N) is 1. The summed E-state index contributed by atoms with van der Waals surface area (Å²) < 4.78 is 0. The third kappa shape index (κ3) is 4.74. The number of nitrogens with one attached hydrogen (secondary N) is 2. The molecule has 0 spiro atoms. The van der Waals surface area contributed by atoms with Gasteiger partial charge in [-0.3, -0.25) is 4.79 Å². The SMILES string of the molecule is CC(C)(CNC(=O)C1CC(O)CN1)c1ccc(Cl)c(Cl)c1.Cl. The van der Waals surface area contributed by atoms with Gasteiger partial charge in [-0.15, -0.1) is 12.4 Å². The van der Waals surface area contributed by atoms with E-state index in [-0.39, 0.29) is 29.8 Å². The molecule has 4 nitrogen and oxygen atoms in total. The number of hydrogen-bond acceptors (Lipinski definition) is 3. The van der Waals surface area contributed by atoms with Gasteiger partial charge in [0.2, 0.25) is 5.91 Å². The van der Waals surface area contributed by atoms with Crippen LogP contribution in [0.3, 0.4) is 0 Å². The van der Waals surface area contributed by atoms with Crippen molar-refractivity contribution in [2.24, 2.45) is 0 Å². The second-order valence-electron chi connectivity index (χ2n) is 6.08. The molecule has 3 N–H and O–H groups in total. The van der Waals surface area contributed by atoms with E-state index >= 15 is 0 Å². The lowest BCUT2D eigenvalue weighted by atomic mass is 9.84. The molecule has 1 aromatic rings. The molecule has 1 aromatic carbocycles. The van der Waals surface area contributed by atoms with Crippen molar-refractivity contribution in [2.45, 2.75) is 37.8 Å². The average Bonchev–Trinajstić information content (AvgIpc) is 2.86. The molecule has 124 valence electrons. The van der Waals surface area contributed by atoms with Crippen LogP contribution in [0.25, 0.3) is 0 Å². The zero-order valence-electron chi connectivity index (χ0n) is 12.5. The third-order valence-corrected chi connectivity index (χ3v) is 4.57. The van der Waals surface area contributed by atoms with Gasteiger partial charge in [0.15, 0.2) is 0 Å². The van der Waals surface area contributed by atoms with Gasteiger partial charge in [-0.25, -0.2) is 0 Å². The first-order valence-electron chi connectivity index (χ1n) is 6.94. The van der Waals surface area contributed by atoms with E-state index < -0.39 is 6.10 Å². The standard InChI is InChI=1S/C15H20Cl2N2O2.ClH/c1-15(2,9-3-4-11(16)12(17)5-9)8-19-14(21)13-6-10(20)7-18-13;/h3-5,10,13,18,20H,6-8H2,1-2H3,(H,19,21);1H. The summed E-state index contributed by atoms with van der Waals surface area (Å²) >= 11 is 12.0. The highest BCUT2D eigenvalue weighted by Crippen LogP contribution is 2.29. The number of aliphatic hydroxyl groups excluding tert-OH is 1. The Morgan fingerprint density at radius 1 is 1.41 bits per heavy atom. The van der Waals surface area contributed by atoms with Gasteiger partial charge < -0.3 is 15.7 Å². The summed E-state index contributed by atoms with van der Waals surface area (Å²) in [7, 11) is 0. The van der Waals surface area contributed by atoms with E-state index in [4.69, 9.17) is 23.2 Å². The van der Waals surface area contributed by atoms with Crippen LogP contribution in [0.2, 0.25) is 10.0 Å². The van der Waals surface area contributed by atoms with Crippen LogP contribution < -0.4 is 10.6 Å². The molecule has 1 aliphatic rings. The summed E-state index contributed by atoms with van der Waals surface area (Å²) in [5, 5.41) is 16.4. The van der Waals surface area contributed by atoms with Gasteiger partial charge >= 0.3 is 0 Å². The molecule has 1 saturated heterocycles. The van der Waals surface area contributed by atoms with E-state index in [0.717, 1.165) is 5.56 Å². The minimum absolute atomic E-state index is 0. The number of benzene rings is 1. The molecular formula is C15H21Cl3N2O2. The number of carbonyl (C=O) groups excluding carboxylic acids is 1. The lowest BCUT2D eigenvalue weighted by Crippen LogP contribution is -2.45. The zero-order chi connectivity index (χ0) is 15.6. The third-order valence-electron chi connectivity index (χ3n) is 3.83. The quantitative estimate of drug-likeness (QED) is 0.766. The minimum atomic E-state index is -0.441. The lowest BCUT2D eigenvalue weighted by molar-refractivity contribution is -0.123. The summed E-state index contributed by atoms with van der Waals surface area (Å²) in [6.45, 7) is 5.01. The molecule has 2 atom stereocenters. The van der Waals surface area contributed by atoms with E-state index in [2.05, 4.69) is 10.6 Å². The fourth-order valence-corrected chi connectivity index (χ4v) is 2.67. The van der Waals surface area contributed by atoms with Gasteiger partial charge in [-0.1, -0.05) is 43.1 Å². The normalized spacial score (nSPS) is 21.3. The number of rotatable bonds is 4. The molecule has 0 aliphatic carbocycles. The molecule has 1 fully saturated rings. The van der Waals surface area contributed by atoms with E-state index in [1.807, 2.05) is 26.0 Å². The van der Waals surface area contributed by atoms with Crippen molar-refractivity contribution in [3.8, 4) is 0 Å². The molecule has 2 rings (SSSR count). The van der Waals surface area contributed by atoms with E-state index in [0.29, 0.717) is 29.6 Å². The summed E-state index contributed by atoms with van der Waals surface area (Å²) in [5.74, 6) is -0.0836. The molecule has 0 bridgehead atoms. The van der Waals surface area contributed by atoms with E-state index in [1.165, 1.54) is 0 Å². The van der Waals surface area contributed by atoms with Crippen molar-refractivity contribution in [2.75, 3.05) is 13.1 Å². The van der Waals surface area contributed by atoms with Crippen LogP contribution in [0.1, 0.15) is 25.8 Å². The van der Waals surface area contributed by atoms with E-state index in [9.17, 15) is 9.90 Å². The molecule has 22 heavy (non-hydrogen) atoms. The maximum Gasteiger partial charge on any atom is 0.237 e. The second-order valence-corrected chi connectivity index (χ2v) is 6.90. The van der Waals surface area contributed by atoms with Crippen molar-refractivity contribution in [1.29, 1.82) is 0 Å². The average molecular weight is 368 g/mol. The van der Waals surface area contributed by atoms with Crippen molar-refractivity contribution in [1.82, 2.24) is 10.6 Å². The van der Waals surface area contributed by atoms with Gasteiger partial charge in [-0.2, -0.15) is 0 Å². The Balaban J connectivity index is 0.00000242. The monoisotopic (exact) mass is 366 g/mol. The Hall–Kier alpha value is -0.520. The minimum Gasteiger partial charge on any atom is -0.392 e. The Bertz CT molecular complexity index is 538. The van der Waals surface area contributed by atoms with Gasteiger partial charge in [-0.05, 0) is 24.1 Å². The van der Waals surface area contributed by atoms with Gasteiger partial charge in [0.1, 0.15) is 0 Å². The molecule has 2 unspecified atom stereocenters. The first-order chi connectivity index (χ1) is 9.79. The maximum atomic E-state index is 12.1. The molecule has 7 heteroatoms. The molecule has 1 heterocycles. The number of amides is 1. The number of carbonyl (C=O) groups is 1. The van der Waals surface area contributed by atoms with Crippen molar-refractivity contribution >= 4 is 41.5 Å². The first-order valence-corrected chi connectivity index (χ1v) is 7.70. The second kappa shape index (κ2) is 7.84. The number of hydrogen-bond donors (Lipinski definition) is 3.